The molecular weight excluding hydrogens is 102 g/mol. The van der Waals surface area contributed by atoms with Gasteiger partial charge in [0, 0.05) is 13.2 Å². The molecule has 0 rings (SSSR count). The zero-order chi connectivity index (χ0) is 6.78. The summed E-state index contributed by atoms with van der Waals surface area (Å²) in [6.45, 7) is 5.87. The first-order chi connectivity index (χ1) is 3.50. The quantitative estimate of drug-likeness (QED) is 0.579. The third-order valence-corrected chi connectivity index (χ3v) is 1.62. The summed E-state index contributed by atoms with van der Waals surface area (Å²) in [7, 11) is 1.67. The molecule has 0 aromatic rings. The fraction of sp³-hybridized carbons (Fsp3) is 1.00. The second-order valence-corrected chi connectivity index (χ2v) is 2.60. The van der Waals surface area contributed by atoms with Crippen molar-refractivity contribution in [1.29, 1.82) is 0 Å². The Morgan fingerprint density at radius 1 is 1.50 bits per heavy atom. The number of nitrogens with two attached hydrogens (primary N) is 1. The molecule has 0 aromatic heterocycles. The molecule has 0 amide bonds. The predicted molar refractivity (Wildman–Crippen MR) is 34.7 cm³/mol. The van der Waals surface area contributed by atoms with Crippen LogP contribution in [-0.4, -0.2) is 18.8 Å². The first-order valence-electron chi connectivity index (χ1n) is 2.81. The van der Waals surface area contributed by atoms with Crippen LogP contribution >= 0.6 is 0 Å². The van der Waals surface area contributed by atoms with Gasteiger partial charge in [0.2, 0.25) is 0 Å². The Balaban J connectivity index is 3.71. The smallest absolute Gasteiger partial charge is 0.0770 e. The van der Waals surface area contributed by atoms with Crippen LogP contribution < -0.4 is 5.73 Å². The number of rotatable bonds is 2. The molecule has 0 unspecified atom stereocenters. The van der Waals surface area contributed by atoms with Gasteiger partial charge in [-0.1, -0.05) is 0 Å². The van der Waals surface area contributed by atoms with Crippen LogP contribution in [0.3, 0.4) is 0 Å². The molecule has 0 aliphatic heterocycles. The van der Waals surface area contributed by atoms with Gasteiger partial charge in [0.25, 0.3) is 0 Å². The molecule has 8 heavy (non-hydrogen) atoms. The van der Waals surface area contributed by atoms with Crippen LogP contribution in [0.25, 0.3) is 0 Å². The minimum absolute atomic E-state index is 0.0903. The average Bonchev–Trinajstić information content (AvgIpc) is 1.67. The number of methoxy groups -OCH3 is 1. The molecule has 0 fully saturated rings. The second-order valence-electron chi connectivity index (χ2n) is 2.60. The minimum Gasteiger partial charge on any atom is -0.377 e. The van der Waals surface area contributed by atoms with Crippen molar-refractivity contribution in [3.05, 3.63) is 0 Å². The van der Waals surface area contributed by atoms with E-state index in [0.717, 1.165) is 0 Å². The monoisotopic (exact) mass is 117 g/mol. The maximum absolute atomic E-state index is 5.56. The molecule has 0 heterocycles. The normalized spacial score (nSPS) is 16.1. The molecule has 0 aromatic carbocycles. The lowest BCUT2D eigenvalue weighted by Gasteiger charge is -2.26. The van der Waals surface area contributed by atoms with Gasteiger partial charge in [-0.3, -0.25) is 0 Å². The van der Waals surface area contributed by atoms with Gasteiger partial charge in [-0.15, -0.1) is 0 Å². The lowest BCUT2D eigenvalue weighted by Crippen LogP contribution is -2.42. The Hall–Kier alpha value is -0.0800. The summed E-state index contributed by atoms with van der Waals surface area (Å²) < 4.78 is 5.07. The van der Waals surface area contributed by atoms with Crippen molar-refractivity contribution < 1.29 is 4.74 Å². The summed E-state index contributed by atoms with van der Waals surface area (Å²) in [5.74, 6) is 0. The highest BCUT2D eigenvalue weighted by Gasteiger charge is 2.20. The highest BCUT2D eigenvalue weighted by Crippen LogP contribution is 2.09. The lowest BCUT2D eigenvalue weighted by atomic mass is 10.0. The first-order valence-corrected chi connectivity index (χ1v) is 2.81. The molecule has 2 nitrogen and oxygen atoms in total. The van der Waals surface area contributed by atoms with Gasteiger partial charge in [0.05, 0.1) is 5.60 Å². The van der Waals surface area contributed by atoms with Gasteiger partial charge in [0.1, 0.15) is 0 Å². The van der Waals surface area contributed by atoms with Crippen molar-refractivity contribution in [3.8, 4) is 0 Å². The average molecular weight is 117 g/mol. The Morgan fingerprint density at radius 3 is 1.88 bits per heavy atom. The molecule has 0 saturated carbocycles. The fourth-order valence-corrected chi connectivity index (χ4v) is 0.186. The van der Waals surface area contributed by atoms with Crippen molar-refractivity contribution in [2.24, 2.45) is 5.73 Å². The fourth-order valence-electron chi connectivity index (χ4n) is 0.186. The Kier molecular flexibility index (Phi) is 2.44. The summed E-state index contributed by atoms with van der Waals surface area (Å²) in [6.07, 6.45) is 0. The molecular formula is C6H15NO. The van der Waals surface area contributed by atoms with Gasteiger partial charge in [0.15, 0.2) is 0 Å². The summed E-state index contributed by atoms with van der Waals surface area (Å²) >= 11 is 0. The molecule has 1 atom stereocenters. The van der Waals surface area contributed by atoms with Crippen molar-refractivity contribution >= 4 is 0 Å². The van der Waals surface area contributed by atoms with E-state index in [9.17, 15) is 0 Å². The molecule has 0 radical (unpaired) electrons. The van der Waals surface area contributed by atoms with Crippen LogP contribution in [0, 0.1) is 0 Å². The minimum atomic E-state index is -0.181. The Labute approximate surface area is 51.0 Å². The standard InChI is InChI=1S/C6H15NO/c1-5(7)6(2,3)8-4/h5H,7H2,1-4H3/t5-/m0/s1. The van der Waals surface area contributed by atoms with Crippen LogP contribution in [0.5, 0.6) is 0 Å². The van der Waals surface area contributed by atoms with Crippen molar-refractivity contribution in [2.45, 2.75) is 32.4 Å². The van der Waals surface area contributed by atoms with Gasteiger partial charge in [-0.2, -0.15) is 0 Å². The van der Waals surface area contributed by atoms with Gasteiger partial charge < -0.3 is 10.5 Å². The molecule has 0 saturated heterocycles. The van der Waals surface area contributed by atoms with E-state index >= 15 is 0 Å². The second kappa shape index (κ2) is 2.46. The highest BCUT2D eigenvalue weighted by molar-refractivity contribution is 4.77. The molecule has 0 bridgehead atoms. The molecule has 0 spiro atoms. The molecule has 0 aliphatic rings. The van der Waals surface area contributed by atoms with E-state index in [0.29, 0.717) is 0 Å². The van der Waals surface area contributed by atoms with E-state index < -0.39 is 0 Å². The third-order valence-electron chi connectivity index (χ3n) is 1.62. The van der Waals surface area contributed by atoms with Crippen LogP contribution in [0.15, 0.2) is 0 Å². The van der Waals surface area contributed by atoms with E-state index in [4.69, 9.17) is 10.5 Å². The van der Waals surface area contributed by atoms with Crippen molar-refractivity contribution in [3.63, 3.8) is 0 Å². The summed E-state index contributed by atoms with van der Waals surface area (Å²) in [5.41, 5.74) is 5.38. The van der Waals surface area contributed by atoms with Gasteiger partial charge in [-0.05, 0) is 20.8 Å². The lowest BCUT2D eigenvalue weighted by molar-refractivity contribution is 0.00545. The third kappa shape index (κ3) is 1.80. The van der Waals surface area contributed by atoms with Gasteiger partial charge >= 0.3 is 0 Å². The summed E-state index contributed by atoms with van der Waals surface area (Å²) in [5, 5.41) is 0. The van der Waals surface area contributed by atoms with E-state index in [1.54, 1.807) is 7.11 Å². The summed E-state index contributed by atoms with van der Waals surface area (Å²) in [4.78, 5) is 0. The number of ether oxygens (including phenoxy) is 1. The largest absolute Gasteiger partial charge is 0.377 e. The van der Waals surface area contributed by atoms with E-state index in [-0.39, 0.29) is 11.6 Å². The predicted octanol–water partition coefficient (Wildman–Crippen LogP) is 0.759. The highest BCUT2D eigenvalue weighted by atomic mass is 16.5. The SMILES string of the molecule is COC(C)(C)[C@H](C)N. The van der Waals surface area contributed by atoms with Crippen molar-refractivity contribution in [1.82, 2.24) is 0 Å². The first kappa shape index (κ1) is 7.92. The van der Waals surface area contributed by atoms with E-state index in [1.165, 1.54) is 0 Å². The summed E-state index contributed by atoms with van der Waals surface area (Å²) in [6, 6.07) is 0.0903. The number of hydrogen-bond donors (Lipinski definition) is 1. The maximum Gasteiger partial charge on any atom is 0.0770 e. The van der Waals surface area contributed by atoms with E-state index in [1.807, 2.05) is 20.8 Å². The Bertz CT molecular complexity index is 68.9. The topological polar surface area (TPSA) is 35.2 Å². The van der Waals surface area contributed by atoms with Crippen LogP contribution in [0.1, 0.15) is 20.8 Å². The number of hydrogen-bond acceptors (Lipinski definition) is 2. The molecule has 2 heteroatoms. The van der Waals surface area contributed by atoms with Crippen LogP contribution in [0.4, 0.5) is 0 Å². The van der Waals surface area contributed by atoms with E-state index in [2.05, 4.69) is 0 Å². The molecule has 2 N–H and O–H groups in total. The Morgan fingerprint density at radius 2 is 1.88 bits per heavy atom. The van der Waals surface area contributed by atoms with Crippen molar-refractivity contribution in [2.75, 3.05) is 7.11 Å². The molecule has 0 aliphatic carbocycles. The van der Waals surface area contributed by atoms with Crippen LogP contribution in [0.2, 0.25) is 0 Å². The zero-order valence-electron chi connectivity index (χ0n) is 6.06. The van der Waals surface area contributed by atoms with Crippen LogP contribution in [-0.2, 0) is 4.74 Å². The molecule has 50 valence electrons. The van der Waals surface area contributed by atoms with Gasteiger partial charge in [-0.25, -0.2) is 0 Å². The zero-order valence-corrected chi connectivity index (χ0v) is 6.06. The maximum atomic E-state index is 5.56.